The number of hydrogen-bond donors (Lipinski definition) is 2. The minimum Gasteiger partial charge on any atom is -0.463 e. The fraction of sp³-hybridized carbons (Fsp3) is 0.150. The quantitative estimate of drug-likeness (QED) is 0.542. The van der Waals surface area contributed by atoms with E-state index in [0.29, 0.717) is 28.1 Å². The maximum atomic E-state index is 13.6. The highest BCUT2D eigenvalue weighted by atomic mass is 19.1. The molecule has 2 amide bonds. The molecule has 4 aromatic rings. The van der Waals surface area contributed by atoms with E-state index >= 15 is 0 Å². The number of rotatable bonds is 5. The average Bonchev–Trinajstić information content (AvgIpc) is 3.33. The summed E-state index contributed by atoms with van der Waals surface area (Å²) in [4.78, 5) is 24.7. The van der Waals surface area contributed by atoms with Gasteiger partial charge in [0.05, 0.1) is 23.2 Å². The highest BCUT2D eigenvalue weighted by Gasteiger charge is 2.23. The number of furan rings is 1. The van der Waals surface area contributed by atoms with E-state index in [9.17, 15) is 14.0 Å². The molecule has 0 aliphatic carbocycles. The van der Waals surface area contributed by atoms with Crippen LogP contribution in [0.5, 0.6) is 0 Å². The highest BCUT2D eigenvalue weighted by molar-refractivity contribution is 6.09. The summed E-state index contributed by atoms with van der Waals surface area (Å²) >= 11 is 0. The number of carbonyl (C=O) groups is 2. The molecular weight excluding hydrogens is 377 g/mol. The topological polar surface area (TPSA) is 108 Å². The molecule has 0 spiro atoms. The number of amides is 2. The van der Waals surface area contributed by atoms with Crippen molar-refractivity contribution in [2.24, 2.45) is 12.8 Å². The number of fused-ring (bicyclic) bond motifs is 1. The Morgan fingerprint density at radius 1 is 1.28 bits per heavy atom. The number of hydrogen-bond acceptors (Lipinski definition) is 4. The number of nitrogens with two attached hydrogens (primary N) is 1. The molecule has 8 nitrogen and oxygen atoms in total. The van der Waals surface area contributed by atoms with E-state index in [0.717, 1.165) is 0 Å². The summed E-state index contributed by atoms with van der Waals surface area (Å²) in [6.45, 7) is 1.98. The summed E-state index contributed by atoms with van der Waals surface area (Å²) in [6, 6.07) is 9.47. The monoisotopic (exact) mass is 395 g/mol. The van der Waals surface area contributed by atoms with E-state index in [1.807, 2.05) is 0 Å². The molecule has 0 unspecified atom stereocenters. The van der Waals surface area contributed by atoms with E-state index in [1.165, 1.54) is 23.1 Å². The number of anilines is 1. The van der Waals surface area contributed by atoms with Crippen molar-refractivity contribution in [2.75, 3.05) is 5.32 Å². The average molecular weight is 395 g/mol. The number of nitrogens with one attached hydrogen (secondary N) is 1. The zero-order valence-electron chi connectivity index (χ0n) is 15.8. The van der Waals surface area contributed by atoms with Crippen molar-refractivity contribution in [1.29, 1.82) is 0 Å². The lowest BCUT2D eigenvalue weighted by Gasteiger charge is -2.11. The van der Waals surface area contributed by atoms with E-state index < -0.39 is 11.8 Å². The number of nitrogens with zero attached hydrogens (tertiary/aromatic N) is 3. The fourth-order valence-corrected chi connectivity index (χ4v) is 3.26. The van der Waals surface area contributed by atoms with Gasteiger partial charge < -0.3 is 20.0 Å². The third kappa shape index (κ3) is 3.27. The first-order valence-electron chi connectivity index (χ1n) is 8.81. The summed E-state index contributed by atoms with van der Waals surface area (Å²) in [7, 11) is 1.65. The lowest BCUT2D eigenvalue weighted by atomic mass is 10.2. The Balaban J connectivity index is 1.74. The Labute approximate surface area is 164 Å². The van der Waals surface area contributed by atoms with Gasteiger partial charge in [0.25, 0.3) is 11.8 Å². The predicted molar refractivity (Wildman–Crippen MR) is 104 cm³/mol. The minimum atomic E-state index is -0.743. The number of benzene rings is 1. The van der Waals surface area contributed by atoms with Gasteiger partial charge in [0.2, 0.25) is 0 Å². The number of primary amides is 1. The predicted octanol–water partition coefficient (Wildman–Crippen LogP) is 2.81. The standard InChI is InChI=1S/C20H18FN5O3/c1-11-17(18(19(22)27)24-25(11)2)23-20(28)15-9-16-14(6-7-29-16)26(15)10-12-4-3-5-13(21)8-12/h3-9H,10H2,1-2H3,(H2,22,27)(H,23,28). The van der Waals surface area contributed by atoms with Crippen molar-refractivity contribution < 1.29 is 18.4 Å². The fourth-order valence-electron chi connectivity index (χ4n) is 3.26. The molecule has 0 fully saturated rings. The van der Waals surface area contributed by atoms with Crippen molar-refractivity contribution in [1.82, 2.24) is 14.3 Å². The third-order valence-corrected chi connectivity index (χ3v) is 4.79. The van der Waals surface area contributed by atoms with E-state index in [1.54, 1.807) is 42.8 Å². The van der Waals surface area contributed by atoms with Crippen LogP contribution in [0.15, 0.2) is 47.1 Å². The lowest BCUT2D eigenvalue weighted by molar-refractivity contribution is 0.0995. The molecule has 9 heteroatoms. The molecule has 0 atom stereocenters. The number of halogens is 1. The van der Waals surface area contributed by atoms with Crippen molar-refractivity contribution in [2.45, 2.75) is 13.5 Å². The summed E-state index contributed by atoms with van der Waals surface area (Å²) in [6.07, 6.45) is 1.52. The molecule has 148 valence electrons. The normalized spacial score (nSPS) is 11.1. The number of aromatic nitrogens is 3. The maximum Gasteiger partial charge on any atom is 0.272 e. The first-order valence-corrected chi connectivity index (χ1v) is 8.81. The van der Waals surface area contributed by atoms with Crippen molar-refractivity contribution in [3.8, 4) is 0 Å². The minimum absolute atomic E-state index is 0.0229. The largest absolute Gasteiger partial charge is 0.463 e. The van der Waals surface area contributed by atoms with Gasteiger partial charge in [0.15, 0.2) is 11.3 Å². The van der Waals surface area contributed by atoms with Gasteiger partial charge in [-0.3, -0.25) is 14.3 Å². The van der Waals surface area contributed by atoms with Crippen molar-refractivity contribution in [3.05, 3.63) is 71.1 Å². The van der Waals surface area contributed by atoms with Crippen LogP contribution in [-0.4, -0.2) is 26.2 Å². The summed E-state index contributed by atoms with van der Waals surface area (Å²) < 4.78 is 22.2. The van der Waals surface area contributed by atoms with E-state index in [2.05, 4.69) is 10.4 Å². The van der Waals surface area contributed by atoms with Crippen molar-refractivity contribution in [3.63, 3.8) is 0 Å². The number of carbonyl (C=O) groups excluding carboxylic acids is 2. The Bertz CT molecular complexity index is 1250. The zero-order chi connectivity index (χ0) is 20.7. The summed E-state index contributed by atoms with van der Waals surface area (Å²) in [5.41, 5.74) is 8.38. The van der Waals surface area contributed by atoms with Crippen LogP contribution in [0.1, 0.15) is 32.2 Å². The van der Waals surface area contributed by atoms with Crippen molar-refractivity contribution >= 4 is 28.6 Å². The molecule has 0 radical (unpaired) electrons. The Morgan fingerprint density at radius 2 is 2.07 bits per heavy atom. The van der Waals surface area contributed by atoms with Crippen LogP contribution in [0.25, 0.3) is 11.1 Å². The number of aryl methyl sites for hydroxylation is 1. The smallest absolute Gasteiger partial charge is 0.272 e. The van der Waals surface area contributed by atoms with Gasteiger partial charge in [-0.15, -0.1) is 0 Å². The molecule has 3 aromatic heterocycles. The van der Waals surface area contributed by atoms with Gasteiger partial charge in [-0.25, -0.2) is 4.39 Å². The molecule has 3 N–H and O–H groups in total. The van der Waals surface area contributed by atoms with Gasteiger partial charge >= 0.3 is 0 Å². The molecule has 0 aliphatic rings. The van der Waals surface area contributed by atoms with Gasteiger partial charge in [-0.05, 0) is 24.6 Å². The first-order chi connectivity index (χ1) is 13.8. The second-order valence-corrected chi connectivity index (χ2v) is 6.67. The molecule has 29 heavy (non-hydrogen) atoms. The maximum absolute atomic E-state index is 13.6. The van der Waals surface area contributed by atoms with E-state index in [4.69, 9.17) is 10.2 Å². The van der Waals surface area contributed by atoms with Crippen LogP contribution in [0, 0.1) is 12.7 Å². The van der Waals surface area contributed by atoms with Gasteiger partial charge in [-0.2, -0.15) is 5.10 Å². The molecule has 1 aromatic carbocycles. The third-order valence-electron chi connectivity index (χ3n) is 4.79. The summed E-state index contributed by atoms with van der Waals surface area (Å²) in [5, 5.41) is 6.78. The van der Waals surface area contributed by atoms with Gasteiger partial charge in [0.1, 0.15) is 11.5 Å². The molecule has 0 saturated heterocycles. The lowest BCUT2D eigenvalue weighted by Crippen LogP contribution is -2.21. The van der Waals surface area contributed by atoms with Crippen LogP contribution >= 0.6 is 0 Å². The molecule has 0 saturated carbocycles. The van der Waals surface area contributed by atoms with Crippen LogP contribution in [-0.2, 0) is 13.6 Å². The molecular formula is C20H18FN5O3. The van der Waals surface area contributed by atoms with Crippen LogP contribution in [0.3, 0.4) is 0 Å². The molecule has 0 bridgehead atoms. The first kappa shape index (κ1) is 18.5. The van der Waals surface area contributed by atoms with Crippen LogP contribution in [0.2, 0.25) is 0 Å². The second kappa shape index (κ2) is 6.93. The summed E-state index contributed by atoms with van der Waals surface area (Å²) in [5.74, 6) is -1.57. The zero-order valence-corrected chi connectivity index (χ0v) is 15.8. The highest BCUT2D eigenvalue weighted by Crippen LogP contribution is 2.25. The van der Waals surface area contributed by atoms with Crippen LogP contribution < -0.4 is 11.1 Å². The second-order valence-electron chi connectivity index (χ2n) is 6.67. The Kier molecular flexibility index (Phi) is 4.42. The molecule has 0 aliphatic heterocycles. The van der Waals surface area contributed by atoms with Gasteiger partial charge in [0, 0.05) is 25.7 Å². The van der Waals surface area contributed by atoms with Gasteiger partial charge in [-0.1, -0.05) is 12.1 Å². The molecule has 3 heterocycles. The SMILES string of the molecule is Cc1c(NC(=O)c2cc3occc3n2Cc2cccc(F)c2)c(C(N)=O)nn1C. The Hall–Kier alpha value is -3.88. The Morgan fingerprint density at radius 3 is 2.79 bits per heavy atom. The van der Waals surface area contributed by atoms with E-state index in [-0.39, 0.29) is 23.7 Å². The molecule has 4 rings (SSSR count). The van der Waals surface area contributed by atoms with Crippen LogP contribution in [0.4, 0.5) is 10.1 Å².